The molecule has 1 aromatic rings. The normalized spacial score (nSPS) is 21.4. The predicted molar refractivity (Wildman–Crippen MR) is 79.3 cm³/mol. The second kappa shape index (κ2) is 5.33. The molecule has 0 radical (unpaired) electrons. The van der Waals surface area contributed by atoms with Crippen LogP contribution in [0.1, 0.15) is 57.2 Å². The van der Waals surface area contributed by atoms with Gasteiger partial charge in [0.25, 0.3) is 0 Å². The molecule has 1 amide bonds. The number of likely N-dealkylation sites (N-methyl/N-ethyl adjacent to an activating group) is 1. The van der Waals surface area contributed by atoms with E-state index in [0.29, 0.717) is 5.92 Å². The minimum Gasteiger partial charge on any atom is -0.324 e. The van der Waals surface area contributed by atoms with Crippen molar-refractivity contribution in [2.24, 2.45) is 11.7 Å². The summed E-state index contributed by atoms with van der Waals surface area (Å²) >= 11 is 0. The second-order valence-electron chi connectivity index (χ2n) is 5.53. The molecule has 0 saturated heterocycles. The van der Waals surface area contributed by atoms with Crippen LogP contribution in [0, 0.1) is 5.92 Å². The topological polar surface area (TPSA) is 46.3 Å². The van der Waals surface area contributed by atoms with Gasteiger partial charge in [-0.1, -0.05) is 32.4 Å². The summed E-state index contributed by atoms with van der Waals surface area (Å²) in [5, 5.41) is 0. The van der Waals surface area contributed by atoms with E-state index >= 15 is 0 Å². The van der Waals surface area contributed by atoms with Crippen molar-refractivity contribution < 1.29 is 4.79 Å². The van der Waals surface area contributed by atoms with Crippen LogP contribution >= 0.6 is 0 Å². The third kappa shape index (κ3) is 2.27. The molecule has 0 saturated carbocycles. The van der Waals surface area contributed by atoms with Gasteiger partial charge < -0.3 is 10.6 Å². The first-order valence-corrected chi connectivity index (χ1v) is 7.22. The third-order valence-electron chi connectivity index (χ3n) is 4.40. The van der Waals surface area contributed by atoms with Crippen LogP contribution in [0.15, 0.2) is 18.2 Å². The minimum atomic E-state index is -0.0426. The summed E-state index contributed by atoms with van der Waals surface area (Å²) in [7, 11) is 0. The second-order valence-corrected chi connectivity index (χ2v) is 5.53. The summed E-state index contributed by atoms with van der Waals surface area (Å²) in [6, 6.07) is 6.31. The number of hydrogen-bond donors (Lipinski definition) is 1. The smallest absolute Gasteiger partial charge is 0.234 e. The quantitative estimate of drug-likeness (QED) is 0.903. The van der Waals surface area contributed by atoms with Crippen molar-refractivity contribution >= 4 is 11.6 Å². The van der Waals surface area contributed by atoms with E-state index in [0.717, 1.165) is 29.8 Å². The summed E-state index contributed by atoms with van der Waals surface area (Å²) in [6.45, 7) is 9.05. The van der Waals surface area contributed by atoms with Gasteiger partial charge >= 0.3 is 0 Å². The van der Waals surface area contributed by atoms with E-state index in [1.165, 1.54) is 0 Å². The van der Waals surface area contributed by atoms with Crippen molar-refractivity contribution in [1.29, 1.82) is 0 Å². The lowest BCUT2D eigenvalue weighted by atomic mass is 9.90. The molecule has 0 aliphatic carbocycles. The fraction of sp³-hybridized carbons (Fsp3) is 0.562. The number of hydrogen-bond acceptors (Lipinski definition) is 2. The number of benzene rings is 1. The van der Waals surface area contributed by atoms with Gasteiger partial charge in [0.15, 0.2) is 0 Å². The van der Waals surface area contributed by atoms with Crippen molar-refractivity contribution in [2.75, 3.05) is 11.4 Å². The summed E-state index contributed by atoms with van der Waals surface area (Å²) in [5.41, 5.74) is 9.62. The van der Waals surface area contributed by atoms with Crippen LogP contribution in [0.5, 0.6) is 0 Å². The van der Waals surface area contributed by atoms with Gasteiger partial charge in [0.1, 0.15) is 0 Å². The Morgan fingerprint density at radius 2 is 2.05 bits per heavy atom. The van der Waals surface area contributed by atoms with Crippen LogP contribution in [0.2, 0.25) is 0 Å². The van der Waals surface area contributed by atoms with Crippen LogP contribution in [0.4, 0.5) is 5.69 Å². The molecule has 0 aromatic heterocycles. The summed E-state index contributed by atoms with van der Waals surface area (Å²) in [5.74, 6) is 0.610. The van der Waals surface area contributed by atoms with Gasteiger partial charge in [-0.15, -0.1) is 0 Å². The fourth-order valence-corrected chi connectivity index (χ4v) is 2.77. The minimum absolute atomic E-state index is 0.0426. The first-order chi connectivity index (χ1) is 9.01. The number of carbonyl (C=O) groups is 1. The molecule has 1 aliphatic rings. The highest BCUT2D eigenvalue weighted by Crippen LogP contribution is 2.38. The van der Waals surface area contributed by atoms with Gasteiger partial charge in [-0.05, 0) is 37.0 Å². The molecule has 3 unspecified atom stereocenters. The van der Waals surface area contributed by atoms with Crippen LogP contribution < -0.4 is 10.6 Å². The molecule has 2 N–H and O–H groups in total. The molecule has 3 heteroatoms. The highest BCUT2D eigenvalue weighted by Gasteiger charge is 2.33. The SMILES string of the molecule is CCC(C)C(N)c1ccc2c(c1)C(C)C(=O)N2CC. The zero-order valence-electron chi connectivity index (χ0n) is 12.3. The maximum Gasteiger partial charge on any atom is 0.234 e. The number of fused-ring (bicyclic) bond motifs is 1. The number of anilines is 1. The lowest BCUT2D eigenvalue weighted by molar-refractivity contribution is -0.118. The Bertz CT molecular complexity index is 484. The van der Waals surface area contributed by atoms with E-state index in [-0.39, 0.29) is 17.9 Å². The summed E-state index contributed by atoms with van der Waals surface area (Å²) in [4.78, 5) is 14.0. The number of amides is 1. The van der Waals surface area contributed by atoms with E-state index in [4.69, 9.17) is 5.73 Å². The molecule has 2 rings (SSSR count). The van der Waals surface area contributed by atoms with Crippen molar-refractivity contribution in [3.05, 3.63) is 29.3 Å². The van der Waals surface area contributed by atoms with E-state index in [1.807, 2.05) is 18.7 Å². The van der Waals surface area contributed by atoms with Crippen molar-refractivity contribution in [1.82, 2.24) is 0 Å². The molecule has 1 heterocycles. The van der Waals surface area contributed by atoms with Gasteiger partial charge in [-0.2, -0.15) is 0 Å². The summed E-state index contributed by atoms with van der Waals surface area (Å²) in [6.07, 6.45) is 1.06. The first-order valence-electron chi connectivity index (χ1n) is 7.22. The molecular formula is C16H24N2O. The van der Waals surface area contributed by atoms with Gasteiger partial charge in [0, 0.05) is 18.3 Å². The van der Waals surface area contributed by atoms with E-state index in [2.05, 4.69) is 32.0 Å². The molecule has 3 atom stereocenters. The Morgan fingerprint density at radius 1 is 1.37 bits per heavy atom. The Labute approximate surface area is 115 Å². The van der Waals surface area contributed by atoms with E-state index < -0.39 is 0 Å². The number of nitrogens with two attached hydrogens (primary N) is 1. The van der Waals surface area contributed by atoms with Crippen LogP contribution in [-0.4, -0.2) is 12.5 Å². The lowest BCUT2D eigenvalue weighted by Gasteiger charge is -2.20. The maximum atomic E-state index is 12.2. The number of rotatable bonds is 4. The van der Waals surface area contributed by atoms with Crippen molar-refractivity contribution in [3.63, 3.8) is 0 Å². The monoisotopic (exact) mass is 260 g/mol. The predicted octanol–water partition coefficient (Wildman–Crippen LogP) is 3.20. The zero-order chi connectivity index (χ0) is 14.2. The Balaban J connectivity index is 2.38. The fourth-order valence-electron chi connectivity index (χ4n) is 2.77. The molecule has 104 valence electrons. The highest BCUT2D eigenvalue weighted by molar-refractivity contribution is 6.04. The number of nitrogens with zero attached hydrogens (tertiary/aromatic N) is 1. The highest BCUT2D eigenvalue weighted by atomic mass is 16.2. The van der Waals surface area contributed by atoms with Gasteiger partial charge in [0.05, 0.1) is 5.92 Å². The molecular weight excluding hydrogens is 236 g/mol. The van der Waals surface area contributed by atoms with Gasteiger partial charge in [-0.25, -0.2) is 0 Å². The average molecular weight is 260 g/mol. The molecule has 19 heavy (non-hydrogen) atoms. The van der Waals surface area contributed by atoms with Gasteiger partial charge in [0.2, 0.25) is 5.91 Å². The molecule has 0 bridgehead atoms. The maximum absolute atomic E-state index is 12.2. The third-order valence-corrected chi connectivity index (χ3v) is 4.40. The number of carbonyl (C=O) groups excluding carboxylic acids is 1. The molecule has 0 fully saturated rings. The molecule has 1 aliphatic heterocycles. The Kier molecular flexibility index (Phi) is 3.95. The standard InChI is InChI=1S/C16H24N2O/c1-5-10(3)15(17)12-7-8-14-13(9-12)11(4)16(19)18(14)6-2/h7-11,15H,5-6,17H2,1-4H3. The molecule has 0 spiro atoms. The Morgan fingerprint density at radius 3 is 2.63 bits per heavy atom. The molecule has 1 aromatic carbocycles. The van der Waals surface area contributed by atoms with Gasteiger partial charge in [-0.3, -0.25) is 4.79 Å². The van der Waals surface area contributed by atoms with E-state index in [1.54, 1.807) is 0 Å². The van der Waals surface area contributed by atoms with Crippen molar-refractivity contribution in [2.45, 2.75) is 46.1 Å². The summed E-state index contributed by atoms with van der Waals surface area (Å²) < 4.78 is 0. The largest absolute Gasteiger partial charge is 0.324 e. The average Bonchev–Trinajstić information content (AvgIpc) is 2.68. The zero-order valence-corrected chi connectivity index (χ0v) is 12.3. The first kappa shape index (κ1) is 14.1. The molecule has 3 nitrogen and oxygen atoms in total. The van der Waals surface area contributed by atoms with Crippen molar-refractivity contribution in [3.8, 4) is 0 Å². The Hall–Kier alpha value is -1.35. The van der Waals surface area contributed by atoms with Crippen LogP contribution in [0.25, 0.3) is 0 Å². The van der Waals surface area contributed by atoms with Crippen LogP contribution in [-0.2, 0) is 4.79 Å². The van der Waals surface area contributed by atoms with E-state index in [9.17, 15) is 4.79 Å². The lowest BCUT2D eigenvalue weighted by Crippen LogP contribution is -2.27. The van der Waals surface area contributed by atoms with Crippen LogP contribution in [0.3, 0.4) is 0 Å².